The molecular formula is C15H13F2NO3S. The molecule has 1 aromatic carbocycles. The van der Waals surface area contributed by atoms with Gasteiger partial charge >= 0.3 is 5.97 Å². The number of amides is 1. The van der Waals surface area contributed by atoms with Crippen LogP contribution in [0.15, 0.2) is 35.7 Å². The predicted octanol–water partition coefficient (Wildman–Crippen LogP) is 2.89. The van der Waals surface area contributed by atoms with Crippen molar-refractivity contribution in [1.29, 1.82) is 0 Å². The monoisotopic (exact) mass is 325 g/mol. The van der Waals surface area contributed by atoms with Crippen molar-refractivity contribution in [3.63, 3.8) is 0 Å². The SMILES string of the molecule is C[C@H](OC(=O)c1cc(F)cc(F)c1)C(=O)NCc1cccs1. The van der Waals surface area contributed by atoms with Crippen molar-refractivity contribution in [2.45, 2.75) is 19.6 Å². The third-order valence-electron chi connectivity index (χ3n) is 2.77. The summed E-state index contributed by atoms with van der Waals surface area (Å²) in [6.45, 7) is 1.71. The van der Waals surface area contributed by atoms with Crippen LogP contribution in [0.5, 0.6) is 0 Å². The number of thiophene rings is 1. The molecule has 4 nitrogen and oxygen atoms in total. The van der Waals surface area contributed by atoms with Gasteiger partial charge in [0.25, 0.3) is 5.91 Å². The summed E-state index contributed by atoms with van der Waals surface area (Å²) >= 11 is 1.48. The minimum Gasteiger partial charge on any atom is -0.449 e. The van der Waals surface area contributed by atoms with E-state index in [2.05, 4.69) is 5.32 Å². The molecule has 0 fully saturated rings. The number of nitrogens with one attached hydrogen (secondary N) is 1. The topological polar surface area (TPSA) is 55.4 Å². The Morgan fingerprint density at radius 2 is 1.95 bits per heavy atom. The maximum Gasteiger partial charge on any atom is 0.339 e. The van der Waals surface area contributed by atoms with Crippen LogP contribution in [0.2, 0.25) is 0 Å². The van der Waals surface area contributed by atoms with Crippen LogP contribution in [0.25, 0.3) is 0 Å². The third kappa shape index (κ3) is 4.36. The molecule has 0 spiro atoms. The molecule has 2 rings (SSSR count). The van der Waals surface area contributed by atoms with Gasteiger partial charge in [-0.05, 0) is 30.5 Å². The average molecular weight is 325 g/mol. The first kappa shape index (κ1) is 16.1. The molecule has 0 aliphatic heterocycles. The van der Waals surface area contributed by atoms with Crippen LogP contribution in [0, 0.1) is 11.6 Å². The lowest BCUT2D eigenvalue weighted by atomic mass is 10.2. The highest BCUT2D eigenvalue weighted by atomic mass is 32.1. The van der Waals surface area contributed by atoms with Crippen molar-refractivity contribution in [2.75, 3.05) is 0 Å². The van der Waals surface area contributed by atoms with E-state index in [1.165, 1.54) is 18.3 Å². The Morgan fingerprint density at radius 1 is 1.27 bits per heavy atom. The molecule has 0 saturated heterocycles. The van der Waals surface area contributed by atoms with Crippen LogP contribution in [-0.4, -0.2) is 18.0 Å². The molecule has 116 valence electrons. The molecule has 0 aliphatic carbocycles. The number of carbonyl (C=O) groups excluding carboxylic acids is 2. The van der Waals surface area contributed by atoms with E-state index >= 15 is 0 Å². The zero-order valence-electron chi connectivity index (χ0n) is 11.6. The highest BCUT2D eigenvalue weighted by Crippen LogP contribution is 2.11. The normalized spacial score (nSPS) is 11.8. The summed E-state index contributed by atoms with van der Waals surface area (Å²) in [6, 6.07) is 6.06. The minimum absolute atomic E-state index is 0.282. The van der Waals surface area contributed by atoms with E-state index in [1.807, 2.05) is 17.5 Å². The van der Waals surface area contributed by atoms with Crippen molar-refractivity contribution in [1.82, 2.24) is 5.32 Å². The van der Waals surface area contributed by atoms with Crippen LogP contribution in [-0.2, 0) is 16.1 Å². The lowest BCUT2D eigenvalue weighted by molar-refractivity contribution is -0.129. The fourth-order valence-electron chi connectivity index (χ4n) is 1.68. The van der Waals surface area contributed by atoms with E-state index in [0.717, 1.165) is 17.0 Å². The molecule has 2 aromatic rings. The van der Waals surface area contributed by atoms with E-state index in [0.29, 0.717) is 12.6 Å². The van der Waals surface area contributed by atoms with Gasteiger partial charge in [-0.25, -0.2) is 13.6 Å². The van der Waals surface area contributed by atoms with E-state index in [-0.39, 0.29) is 5.56 Å². The van der Waals surface area contributed by atoms with Crippen LogP contribution in [0.4, 0.5) is 8.78 Å². The van der Waals surface area contributed by atoms with Crippen molar-refractivity contribution in [3.05, 3.63) is 57.8 Å². The first-order valence-electron chi connectivity index (χ1n) is 6.43. The summed E-state index contributed by atoms with van der Waals surface area (Å²) in [7, 11) is 0. The first-order chi connectivity index (χ1) is 10.5. The van der Waals surface area contributed by atoms with Gasteiger partial charge in [-0.1, -0.05) is 6.07 Å². The van der Waals surface area contributed by atoms with E-state index in [4.69, 9.17) is 4.74 Å². The summed E-state index contributed by atoms with van der Waals surface area (Å²) in [4.78, 5) is 24.5. The Kier molecular flexibility index (Phi) is 5.21. The van der Waals surface area contributed by atoms with Crippen molar-refractivity contribution in [2.24, 2.45) is 0 Å². The largest absolute Gasteiger partial charge is 0.449 e. The van der Waals surface area contributed by atoms with Gasteiger partial charge in [0.2, 0.25) is 0 Å². The van der Waals surface area contributed by atoms with Crippen LogP contribution >= 0.6 is 11.3 Å². The molecular weight excluding hydrogens is 312 g/mol. The quantitative estimate of drug-likeness (QED) is 0.860. The Morgan fingerprint density at radius 3 is 2.55 bits per heavy atom. The number of carbonyl (C=O) groups is 2. The van der Waals surface area contributed by atoms with E-state index in [1.54, 1.807) is 0 Å². The molecule has 1 heterocycles. The van der Waals surface area contributed by atoms with Gasteiger partial charge in [0.05, 0.1) is 12.1 Å². The standard InChI is InChI=1S/C15H13F2NO3S/c1-9(14(19)18-8-13-3-2-4-22-13)21-15(20)10-5-11(16)7-12(17)6-10/h2-7,9H,8H2,1H3,(H,18,19)/t9-/m0/s1. The van der Waals surface area contributed by atoms with Crippen molar-refractivity contribution >= 4 is 23.2 Å². The molecule has 22 heavy (non-hydrogen) atoms. The summed E-state index contributed by atoms with van der Waals surface area (Å²) in [5, 5.41) is 4.49. The van der Waals surface area contributed by atoms with Crippen LogP contribution < -0.4 is 5.32 Å². The molecule has 0 radical (unpaired) electrons. The summed E-state index contributed by atoms with van der Waals surface area (Å²) in [5.74, 6) is -3.22. The smallest absolute Gasteiger partial charge is 0.339 e. The Hall–Kier alpha value is -2.28. The van der Waals surface area contributed by atoms with Crippen molar-refractivity contribution in [3.8, 4) is 0 Å². The maximum absolute atomic E-state index is 13.0. The predicted molar refractivity (Wildman–Crippen MR) is 77.4 cm³/mol. The Balaban J connectivity index is 1.91. The Labute approximate surface area is 129 Å². The van der Waals surface area contributed by atoms with Gasteiger partial charge < -0.3 is 10.1 Å². The number of rotatable bonds is 5. The number of esters is 1. The summed E-state index contributed by atoms with van der Waals surface area (Å²) in [6.07, 6.45) is -1.07. The lowest BCUT2D eigenvalue weighted by Gasteiger charge is -2.13. The minimum atomic E-state index is -1.07. The van der Waals surface area contributed by atoms with Gasteiger partial charge in [-0.2, -0.15) is 0 Å². The lowest BCUT2D eigenvalue weighted by Crippen LogP contribution is -2.35. The number of hydrogen-bond acceptors (Lipinski definition) is 4. The average Bonchev–Trinajstić information content (AvgIpc) is 2.96. The van der Waals surface area contributed by atoms with Gasteiger partial charge in [-0.3, -0.25) is 4.79 Å². The second-order valence-electron chi connectivity index (χ2n) is 4.50. The second-order valence-corrected chi connectivity index (χ2v) is 5.54. The van der Waals surface area contributed by atoms with Gasteiger partial charge in [0.1, 0.15) is 11.6 Å². The molecule has 0 bridgehead atoms. The molecule has 1 atom stereocenters. The molecule has 1 N–H and O–H groups in total. The second kappa shape index (κ2) is 7.13. The number of ether oxygens (including phenoxy) is 1. The number of benzene rings is 1. The Bertz CT molecular complexity index is 653. The molecule has 0 unspecified atom stereocenters. The van der Waals surface area contributed by atoms with Crippen LogP contribution in [0.1, 0.15) is 22.2 Å². The van der Waals surface area contributed by atoms with Crippen molar-refractivity contribution < 1.29 is 23.1 Å². The third-order valence-corrected chi connectivity index (χ3v) is 3.64. The zero-order valence-corrected chi connectivity index (χ0v) is 12.5. The molecule has 1 aromatic heterocycles. The summed E-state index contributed by atoms with van der Waals surface area (Å²) in [5.41, 5.74) is -0.282. The fourth-order valence-corrected chi connectivity index (χ4v) is 2.33. The number of halogens is 2. The molecule has 0 aliphatic rings. The number of hydrogen-bond donors (Lipinski definition) is 1. The molecule has 7 heteroatoms. The maximum atomic E-state index is 13.0. The van der Waals surface area contributed by atoms with E-state index < -0.39 is 29.6 Å². The fraction of sp³-hybridized carbons (Fsp3) is 0.200. The van der Waals surface area contributed by atoms with Gasteiger partial charge in [0.15, 0.2) is 6.10 Å². The van der Waals surface area contributed by atoms with E-state index in [9.17, 15) is 18.4 Å². The first-order valence-corrected chi connectivity index (χ1v) is 7.31. The van der Waals surface area contributed by atoms with Gasteiger partial charge in [-0.15, -0.1) is 11.3 Å². The zero-order chi connectivity index (χ0) is 16.1. The summed E-state index contributed by atoms with van der Waals surface area (Å²) < 4.78 is 31.0. The molecule has 1 amide bonds. The molecule has 0 saturated carbocycles. The van der Waals surface area contributed by atoms with Crippen LogP contribution in [0.3, 0.4) is 0 Å². The van der Waals surface area contributed by atoms with Gasteiger partial charge in [0, 0.05) is 10.9 Å². The highest BCUT2D eigenvalue weighted by Gasteiger charge is 2.19. The highest BCUT2D eigenvalue weighted by molar-refractivity contribution is 7.09.